The van der Waals surface area contributed by atoms with Crippen molar-refractivity contribution in [3.8, 4) is 0 Å². The zero-order valence-corrected chi connectivity index (χ0v) is 9.52. The molecule has 0 aliphatic rings. The molecule has 4 nitrogen and oxygen atoms in total. The van der Waals surface area contributed by atoms with Gasteiger partial charge in [0.2, 0.25) is 0 Å². The molecule has 0 spiro atoms. The van der Waals surface area contributed by atoms with Gasteiger partial charge in [0.25, 0.3) is 0 Å². The molecule has 0 saturated carbocycles. The fraction of sp³-hybridized carbons (Fsp3) is 0.111. The summed E-state index contributed by atoms with van der Waals surface area (Å²) < 4.78 is 1.19. The van der Waals surface area contributed by atoms with Gasteiger partial charge in [-0.2, -0.15) is 5.10 Å². The highest BCUT2D eigenvalue weighted by atomic mass is 32.2. The van der Waals surface area contributed by atoms with Crippen molar-refractivity contribution in [2.24, 2.45) is 16.7 Å². The Bertz CT molecular complexity index is 459. The maximum atomic E-state index is 5.48. The summed E-state index contributed by atoms with van der Waals surface area (Å²) in [7, 11) is 0. The van der Waals surface area contributed by atoms with Crippen molar-refractivity contribution in [2.75, 3.05) is 0 Å². The quantitative estimate of drug-likeness (QED) is 0.361. The van der Waals surface area contributed by atoms with E-state index < -0.39 is 0 Å². The lowest BCUT2D eigenvalue weighted by molar-refractivity contribution is 1.25. The highest BCUT2D eigenvalue weighted by molar-refractivity contribution is 8.13. The Balaban J connectivity index is 2.15. The fourth-order valence-corrected chi connectivity index (χ4v) is 2.74. The topological polar surface area (TPSA) is 77.3 Å². The van der Waals surface area contributed by atoms with Gasteiger partial charge in [-0.3, -0.25) is 0 Å². The minimum atomic E-state index is 0.384. The molecule has 15 heavy (non-hydrogen) atoms. The van der Waals surface area contributed by atoms with Gasteiger partial charge < -0.3 is 11.6 Å². The largest absolute Gasteiger partial charge is 0.377 e. The van der Waals surface area contributed by atoms with Crippen LogP contribution in [-0.4, -0.2) is 10.2 Å². The van der Waals surface area contributed by atoms with Gasteiger partial charge in [0.05, 0.1) is 16.0 Å². The average molecular weight is 238 g/mol. The summed E-state index contributed by atoms with van der Waals surface area (Å²) in [6.07, 6.45) is 0. The molecular formula is C9H10N4S2. The van der Waals surface area contributed by atoms with Crippen LogP contribution in [0.2, 0.25) is 0 Å². The lowest BCUT2D eigenvalue weighted by Gasteiger charge is -1.94. The Morgan fingerprint density at radius 3 is 3.00 bits per heavy atom. The zero-order chi connectivity index (χ0) is 10.7. The zero-order valence-electron chi connectivity index (χ0n) is 7.88. The third-order valence-electron chi connectivity index (χ3n) is 1.81. The first-order chi connectivity index (χ1) is 7.29. The molecule has 1 heterocycles. The van der Waals surface area contributed by atoms with Crippen LogP contribution in [0.4, 0.5) is 0 Å². The lowest BCUT2D eigenvalue weighted by atomic mass is 10.3. The molecule has 4 N–H and O–H groups in total. The number of nitrogens with two attached hydrogens (primary N) is 2. The van der Waals surface area contributed by atoms with E-state index in [9.17, 15) is 0 Å². The Labute approximate surface area is 95.4 Å². The number of hydrogen-bond donors (Lipinski definition) is 2. The van der Waals surface area contributed by atoms with E-state index in [1.807, 2.05) is 18.2 Å². The van der Waals surface area contributed by atoms with E-state index in [1.165, 1.54) is 16.5 Å². The van der Waals surface area contributed by atoms with Gasteiger partial charge in [0.15, 0.2) is 5.17 Å². The number of hydrogen-bond acceptors (Lipinski definition) is 5. The molecule has 0 bridgehead atoms. The van der Waals surface area contributed by atoms with E-state index in [1.54, 1.807) is 11.3 Å². The van der Waals surface area contributed by atoms with E-state index in [4.69, 9.17) is 11.6 Å². The van der Waals surface area contributed by atoms with E-state index in [2.05, 4.69) is 16.2 Å². The van der Waals surface area contributed by atoms with E-state index in [0.29, 0.717) is 10.9 Å². The van der Waals surface area contributed by atoms with E-state index in [-0.39, 0.29) is 0 Å². The first kappa shape index (κ1) is 10.3. The SMILES string of the molecule is NN=C(N)SCc1nc2ccccc2s1. The molecule has 0 unspecified atom stereocenters. The second-order valence-corrected chi connectivity index (χ2v) is 4.94. The Morgan fingerprint density at radius 1 is 1.47 bits per heavy atom. The van der Waals surface area contributed by atoms with Gasteiger partial charge in [0, 0.05) is 0 Å². The summed E-state index contributed by atoms with van der Waals surface area (Å²) >= 11 is 3.06. The Kier molecular flexibility index (Phi) is 3.08. The molecule has 78 valence electrons. The fourth-order valence-electron chi connectivity index (χ4n) is 1.15. The van der Waals surface area contributed by atoms with Crippen molar-refractivity contribution in [1.82, 2.24) is 4.98 Å². The number of fused-ring (bicyclic) bond motifs is 1. The van der Waals surface area contributed by atoms with Crippen LogP contribution in [0, 0.1) is 0 Å². The summed E-state index contributed by atoms with van der Waals surface area (Å²) in [5.74, 6) is 5.75. The van der Waals surface area contributed by atoms with Crippen LogP contribution >= 0.6 is 23.1 Å². The van der Waals surface area contributed by atoms with Gasteiger partial charge in [-0.15, -0.1) is 11.3 Å². The van der Waals surface area contributed by atoms with Crippen LogP contribution in [0.5, 0.6) is 0 Å². The van der Waals surface area contributed by atoms with Crippen LogP contribution < -0.4 is 11.6 Å². The summed E-state index contributed by atoms with van der Waals surface area (Å²) in [6, 6.07) is 8.05. The maximum Gasteiger partial charge on any atom is 0.177 e. The maximum absolute atomic E-state index is 5.48. The van der Waals surface area contributed by atoms with Gasteiger partial charge in [-0.25, -0.2) is 4.98 Å². The second-order valence-electron chi connectivity index (χ2n) is 2.83. The minimum absolute atomic E-state index is 0.384. The number of benzene rings is 1. The molecule has 1 aromatic heterocycles. The number of amidine groups is 1. The van der Waals surface area contributed by atoms with E-state index >= 15 is 0 Å². The normalized spacial score (nSPS) is 12.1. The van der Waals surface area contributed by atoms with Gasteiger partial charge in [-0.05, 0) is 12.1 Å². The first-order valence-corrected chi connectivity index (χ1v) is 6.10. The third kappa shape index (κ3) is 2.40. The van der Waals surface area contributed by atoms with Crippen LogP contribution in [0.3, 0.4) is 0 Å². The molecule has 0 radical (unpaired) electrons. The summed E-state index contributed by atoms with van der Waals surface area (Å²) in [5.41, 5.74) is 6.51. The predicted octanol–water partition coefficient (Wildman–Crippen LogP) is 1.72. The predicted molar refractivity (Wildman–Crippen MR) is 66.7 cm³/mol. The molecule has 0 fully saturated rings. The molecule has 0 aliphatic heterocycles. The third-order valence-corrected chi connectivity index (χ3v) is 3.85. The second kappa shape index (κ2) is 4.50. The Hall–Kier alpha value is -1.27. The molecule has 2 rings (SSSR count). The number of nitrogens with zero attached hydrogens (tertiary/aromatic N) is 2. The van der Waals surface area contributed by atoms with Crippen molar-refractivity contribution in [2.45, 2.75) is 5.75 Å². The number of thiazole rings is 1. The van der Waals surface area contributed by atoms with Crippen molar-refractivity contribution in [3.63, 3.8) is 0 Å². The molecular weight excluding hydrogens is 228 g/mol. The number of para-hydroxylation sites is 1. The highest BCUT2D eigenvalue weighted by Gasteiger charge is 2.03. The minimum Gasteiger partial charge on any atom is -0.377 e. The van der Waals surface area contributed by atoms with Crippen LogP contribution in [0.1, 0.15) is 5.01 Å². The van der Waals surface area contributed by atoms with Crippen molar-refractivity contribution >= 4 is 38.5 Å². The summed E-state index contributed by atoms with van der Waals surface area (Å²) in [4.78, 5) is 4.47. The lowest BCUT2D eigenvalue weighted by Crippen LogP contribution is -2.09. The molecule has 0 amide bonds. The standard InChI is InChI=1S/C9H10N4S2/c10-9(13-11)14-5-8-12-6-3-1-2-4-7(6)15-8/h1-4H,5,11H2,(H2,10,13). The first-order valence-electron chi connectivity index (χ1n) is 4.30. The molecule has 1 aromatic carbocycles. The number of rotatable bonds is 2. The van der Waals surface area contributed by atoms with E-state index in [0.717, 1.165) is 10.5 Å². The van der Waals surface area contributed by atoms with Crippen molar-refractivity contribution in [3.05, 3.63) is 29.3 Å². The van der Waals surface area contributed by atoms with Gasteiger partial charge in [0.1, 0.15) is 5.01 Å². The summed E-state index contributed by atoms with van der Waals surface area (Å²) in [5, 5.41) is 4.81. The highest BCUT2D eigenvalue weighted by Crippen LogP contribution is 2.24. The smallest absolute Gasteiger partial charge is 0.177 e. The number of aromatic nitrogens is 1. The number of thioether (sulfide) groups is 1. The van der Waals surface area contributed by atoms with Gasteiger partial charge >= 0.3 is 0 Å². The van der Waals surface area contributed by atoms with Crippen LogP contribution in [-0.2, 0) is 5.75 Å². The molecule has 6 heteroatoms. The van der Waals surface area contributed by atoms with Crippen LogP contribution in [0.15, 0.2) is 29.4 Å². The number of hydrazone groups is 1. The average Bonchev–Trinajstić information content (AvgIpc) is 2.68. The Morgan fingerprint density at radius 2 is 2.27 bits per heavy atom. The van der Waals surface area contributed by atoms with Crippen LogP contribution in [0.25, 0.3) is 10.2 Å². The van der Waals surface area contributed by atoms with Gasteiger partial charge in [-0.1, -0.05) is 23.9 Å². The molecule has 0 aliphatic carbocycles. The van der Waals surface area contributed by atoms with Crippen molar-refractivity contribution < 1.29 is 0 Å². The molecule has 0 atom stereocenters. The van der Waals surface area contributed by atoms with Crippen molar-refractivity contribution in [1.29, 1.82) is 0 Å². The molecule has 2 aromatic rings. The monoisotopic (exact) mass is 238 g/mol. The summed E-state index contributed by atoms with van der Waals surface area (Å²) in [6.45, 7) is 0. The molecule has 0 saturated heterocycles.